The minimum absolute atomic E-state index is 0.0757. The van der Waals surface area contributed by atoms with Gasteiger partial charge < -0.3 is 10.0 Å². The van der Waals surface area contributed by atoms with Crippen LogP contribution in [0.4, 0.5) is 14.5 Å². The van der Waals surface area contributed by atoms with E-state index in [4.69, 9.17) is 0 Å². The summed E-state index contributed by atoms with van der Waals surface area (Å²) in [6, 6.07) is 8.99. The normalized spacial score (nSPS) is 17.5. The zero-order valence-electron chi connectivity index (χ0n) is 11.3. The summed E-state index contributed by atoms with van der Waals surface area (Å²) < 4.78 is 26.7. The lowest BCUT2D eigenvalue weighted by molar-refractivity contribution is 0.432. The Morgan fingerprint density at radius 2 is 1.86 bits per heavy atom. The van der Waals surface area contributed by atoms with E-state index in [-0.39, 0.29) is 16.9 Å². The third kappa shape index (κ3) is 2.61. The van der Waals surface area contributed by atoms with Gasteiger partial charge in [-0.2, -0.15) is 0 Å². The zero-order chi connectivity index (χ0) is 15.0. The van der Waals surface area contributed by atoms with Crippen LogP contribution in [0.15, 0.2) is 48.0 Å². The Labute approximate surface area is 125 Å². The van der Waals surface area contributed by atoms with Crippen molar-refractivity contribution in [3.8, 4) is 5.75 Å². The second-order valence-corrected chi connectivity index (χ2v) is 5.81. The van der Waals surface area contributed by atoms with Gasteiger partial charge in [0.15, 0.2) is 11.6 Å². The van der Waals surface area contributed by atoms with Gasteiger partial charge in [-0.1, -0.05) is 12.1 Å². The standard InChI is InChI=1S/C16H13F2NOS/c1-10-8-15(20)13(18)9-14(10)19-6-7-21-16(19)11-2-4-12(17)5-3-11/h2-9,16,20H,1H3. The molecule has 2 nitrogen and oxygen atoms in total. The van der Waals surface area contributed by atoms with Gasteiger partial charge in [0.1, 0.15) is 11.2 Å². The minimum Gasteiger partial charge on any atom is -0.505 e. The smallest absolute Gasteiger partial charge is 0.166 e. The Kier molecular flexibility index (Phi) is 3.59. The Morgan fingerprint density at radius 1 is 1.14 bits per heavy atom. The molecule has 0 aromatic heterocycles. The van der Waals surface area contributed by atoms with Crippen LogP contribution in [0.25, 0.3) is 0 Å². The fraction of sp³-hybridized carbons (Fsp3) is 0.125. The highest BCUT2D eigenvalue weighted by Crippen LogP contribution is 2.43. The minimum atomic E-state index is -0.654. The molecule has 0 amide bonds. The third-order valence-electron chi connectivity index (χ3n) is 3.38. The van der Waals surface area contributed by atoms with Crippen molar-refractivity contribution in [2.75, 3.05) is 4.90 Å². The van der Waals surface area contributed by atoms with Crippen LogP contribution in [-0.4, -0.2) is 5.11 Å². The number of hydrogen-bond acceptors (Lipinski definition) is 3. The summed E-state index contributed by atoms with van der Waals surface area (Å²) >= 11 is 1.56. The van der Waals surface area contributed by atoms with Gasteiger partial charge in [-0.3, -0.25) is 0 Å². The van der Waals surface area contributed by atoms with E-state index in [2.05, 4.69) is 0 Å². The van der Waals surface area contributed by atoms with Gasteiger partial charge in [-0.05, 0) is 41.7 Å². The van der Waals surface area contributed by atoms with Gasteiger partial charge in [0, 0.05) is 18.0 Å². The Bertz CT molecular complexity index is 700. The van der Waals surface area contributed by atoms with E-state index in [1.165, 1.54) is 24.3 Å². The van der Waals surface area contributed by atoms with Crippen LogP contribution < -0.4 is 4.90 Å². The first-order valence-electron chi connectivity index (χ1n) is 6.41. The first-order chi connectivity index (χ1) is 10.1. The first kappa shape index (κ1) is 13.9. The van der Waals surface area contributed by atoms with Gasteiger partial charge in [-0.15, -0.1) is 11.8 Å². The van der Waals surface area contributed by atoms with E-state index >= 15 is 0 Å². The molecule has 2 aromatic rings. The summed E-state index contributed by atoms with van der Waals surface area (Å²) in [6.07, 6.45) is 1.86. The van der Waals surface area contributed by atoms with Gasteiger partial charge in [0.2, 0.25) is 0 Å². The number of thioether (sulfide) groups is 1. The zero-order valence-corrected chi connectivity index (χ0v) is 12.1. The molecule has 2 aromatic carbocycles. The number of aromatic hydroxyl groups is 1. The van der Waals surface area contributed by atoms with Crippen molar-refractivity contribution in [1.29, 1.82) is 0 Å². The summed E-state index contributed by atoms with van der Waals surface area (Å²) in [5.74, 6) is -1.29. The van der Waals surface area contributed by atoms with Crippen molar-refractivity contribution in [3.63, 3.8) is 0 Å². The summed E-state index contributed by atoms with van der Waals surface area (Å²) in [5.41, 5.74) is 2.38. The molecule has 0 saturated carbocycles. The molecule has 0 aliphatic carbocycles. The third-order valence-corrected chi connectivity index (χ3v) is 4.42. The lowest BCUT2D eigenvalue weighted by atomic mass is 10.1. The predicted molar refractivity (Wildman–Crippen MR) is 81.2 cm³/mol. The molecule has 108 valence electrons. The van der Waals surface area contributed by atoms with Gasteiger partial charge >= 0.3 is 0 Å². The lowest BCUT2D eigenvalue weighted by Crippen LogP contribution is -2.18. The Morgan fingerprint density at radius 3 is 2.57 bits per heavy atom. The fourth-order valence-electron chi connectivity index (χ4n) is 2.33. The number of halogens is 2. The number of nitrogens with zero attached hydrogens (tertiary/aromatic N) is 1. The highest BCUT2D eigenvalue weighted by atomic mass is 32.2. The second-order valence-electron chi connectivity index (χ2n) is 4.82. The number of benzene rings is 2. The number of phenolic OH excluding ortho intramolecular Hbond substituents is 1. The van der Waals surface area contributed by atoms with Crippen LogP contribution in [0.2, 0.25) is 0 Å². The molecule has 0 bridgehead atoms. The number of rotatable bonds is 2. The van der Waals surface area contributed by atoms with Crippen LogP contribution in [-0.2, 0) is 0 Å². The second kappa shape index (κ2) is 5.41. The van der Waals surface area contributed by atoms with Crippen molar-refractivity contribution in [1.82, 2.24) is 0 Å². The number of aryl methyl sites for hydroxylation is 1. The van der Waals surface area contributed by atoms with E-state index in [0.717, 1.165) is 11.1 Å². The monoisotopic (exact) mass is 305 g/mol. The van der Waals surface area contributed by atoms with E-state index in [1.807, 2.05) is 23.4 Å². The number of anilines is 1. The van der Waals surface area contributed by atoms with Gasteiger partial charge in [0.05, 0.1) is 0 Å². The van der Waals surface area contributed by atoms with Crippen LogP contribution in [0.3, 0.4) is 0 Å². The van der Waals surface area contributed by atoms with E-state index in [9.17, 15) is 13.9 Å². The molecule has 1 atom stereocenters. The fourth-order valence-corrected chi connectivity index (χ4v) is 3.31. The van der Waals surface area contributed by atoms with Crippen LogP contribution in [0, 0.1) is 18.6 Å². The van der Waals surface area contributed by atoms with E-state index in [1.54, 1.807) is 23.9 Å². The van der Waals surface area contributed by atoms with Crippen molar-refractivity contribution in [3.05, 3.63) is 70.8 Å². The van der Waals surface area contributed by atoms with Gasteiger partial charge in [0.25, 0.3) is 0 Å². The van der Waals surface area contributed by atoms with Crippen LogP contribution >= 0.6 is 11.8 Å². The molecule has 5 heteroatoms. The quantitative estimate of drug-likeness (QED) is 0.870. The molecule has 1 heterocycles. The van der Waals surface area contributed by atoms with Crippen LogP contribution in [0.1, 0.15) is 16.5 Å². The molecule has 1 unspecified atom stereocenters. The van der Waals surface area contributed by atoms with Gasteiger partial charge in [-0.25, -0.2) is 8.78 Å². The summed E-state index contributed by atoms with van der Waals surface area (Å²) in [7, 11) is 0. The lowest BCUT2D eigenvalue weighted by Gasteiger charge is -2.27. The average molecular weight is 305 g/mol. The summed E-state index contributed by atoms with van der Waals surface area (Å²) in [6.45, 7) is 1.81. The van der Waals surface area contributed by atoms with Crippen LogP contribution in [0.5, 0.6) is 5.75 Å². The maximum Gasteiger partial charge on any atom is 0.166 e. The first-order valence-corrected chi connectivity index (χ1v) is 7.35. The Hall–Kier alpha value is -2.01. The van der Waals surface area contributed by atoms with E-state index < -0.39 is 5.82 Å². The molecule has 0 saturated heterocycles. The molecular weight excluding hydrogens is 292 g/mol. The predicted octanol–water partition coefficient (Wildman–Crippen LogP) is 4.70. The molecule has 3 rings (SSSR count). The largest absolute Gasteiger partial charge is 0.505 e. The van der Waals surface area contributed by atoms with Crippen molar-refractivity contribution in [2.24, 2.45) is 0 Å². The molecule has 0 spiro atoms. The average Bonchev–Trinajstić information content (AvgIpc) is 2.93. The van der Waals surface area contributed by atoms with Crippen molar-refractivity contribution >= 4 is 17.4 Å². The highest BCUT2D eigenvalue weighted by molar-refractivity contribution is 8.02. The molecular formula is C16H13F2NOS. The molecule has 1 aliphatic rings. The van der Waals surface area contributed by atoms with Crippen molar-refractivity contribution < 1.29 is 13.9 Å². The van der Waals surface area contributed by atoms with Crippen molar-refractivity contribution in [2.45, 2.75) is 12.3 Å². The number of phenols is 1. The topological polar surface area (TPSA) is 23.5 Å². The molecule has 1 N–H and O–H groups in total. The maximum absolute atomic E-state index is 13.6. The molecule has 0 fully saturated rings. The summed E-state index contributed by atoms with van der Waals surface area (Å²) in [4.78, 5) is 1.91. The number of hydrogen-bond donors (Lipinski definition) is 1. The summed E-state index contributed by atoms with van der Waals surface area (Å²) in [5, 5.41) is 11.3. The SMILES string of the molecule is Cc1cc(O)c(F)cc1N1C=CSC1c1ccc(F)cc1. The Balaban J connectivity index is 1.99. The molecule has 1 aliphatic heterocycles. The molecule has 21 heavy (non-hydrogen) atoms. The highest BCUT2D eigenvalue weighted by Gasteiger charge is 2.25. The van der Waals surface area contributed by atoms with E-state index in [0.29, 0.717) is 5.69 Å². The molecule has 0 radical (unpaired) electrons. The maximum atomic E-state index is 13.6.